The van der Waals surface area contributed by atoms with E-state index < -0.39 is 0 Å². The van der Waals surface area contributed by atoms with Crippen LogP contribution in [0.5, 0.6) is 0 Å². The molecule has 0 aliphatic carbocycles. The first-order valence-corrected chi connectivity index (χ1v) is 7.35. The second kappa shape index (κ2) is 7.34. The molecule has 0 aliphatic rings. The van der Waals surface area contributed by atoms with E-state index in [9.17, 15) is 4.79 Å². The lowest BCUT2D eigenvalue weighted by Gasteiger charge is -2.09. The van der Waals surface area contributed by atoms with Crippen molar-refractivity contribution >= 4 is 34.9 Å². The zero-order valence-corrected chi connectivity index (χ0v) is 13.1. The molecule has 2 rings (SSSR count). The molecule has 110 valence electrons. The summed E-state index contributed by atoms with van der Waals surface area (Å²) in [7, 11) is 0. The van der Waals surface area contributed by atoms with Crippen molar-refractivity contribution in [3.05, 3.63) is 63.6 Å². The summed E-state index contributed by atoms with van der Waals surface area (Å²) in [6.45, 7) is 2.50. The van der Waals surface area contributed by atoms with Gasteiger partial charge in [-0.1, -0.05) is 47.0 Å². The fraction of sp³-hybridized carbons (Fsp3) is 0.188. The Bertz CT molecular complexity index is 627. The predicted molar refractivity (Wildman–Crippen MR) is 88.4 cm³/mol. The normalized spacial score (nSPS) is 10.2. The first kappa shape index (κ1) is 15.7. The van der Waals surface area contributed by atoms with Crippen LogP contribution >= 0.6 is 23.2 Å². The molecule has 2 aromatic rings. The van der Waals surface area contributed by atoms with Crippen molar-refractivity contribution in [2.24, 2.45) is 0 Å². The third-order valence-corrected chi connectivity index (χ3v) is 3.59. The van der Waals surface area contributed by atoms with Crippen molar-refractivity contribution in [3.63, 3.8) is 0 Å². The van der Waals surface area contributed by atoms with Crippen LogP contribution in [-0.2, 0) is 6.42 Å². The van der Waals surface area contributed by atoms with Crippen LogP contribution in [0.15, 0.2) is 42.5 Å². The maximum Gasteiger partial charge on any atom is 0.319 e. The first-order chi connectivity index (χ1) is 10.0. The van der Waals surface area contributed by atoms with Crippen molar-refractivity contribution in [2.45, 2.75) is 13.3 Å². The van der Waals surface area contributed by atoms with E-state index in [0.29, 0.717) is 23.0 Å². The van der Waals surface area contributed by atoms with E-state index in [1.54, 1.807) is 12.1 Å². The highest BCUT2D eigenvalue weighted by Crippen LogP contribution is 2.21. The zero-order chi connectivity index (χ0) is 15.2. The molecule has 0 saturated carbocycles. The van der Waals surface area contributed by atoms with Crippen molar-refractivity contribution in [2.75, 3.05) is 11.9 Å². The van der Waals surface area contributed by atoms with E-state index in [-0.39, 0.29) is 6.03 Å². The summed E-state index contributed by atoms with van der Waals surface area (Å²) in [5.74, 6) is 0. The fourth-order valence-electron chi connectivity index (χ4n) is 1.85. The number of benzene rings is 2. The van der Waals surface area contributed by atoms with Gasteiger partial charge in [-0.2, -0.15) is 0 Å². The number of aryl methyl sites for hydroxylation is 1. The van der Waals surface area contributed by atoms with Gasteiger partial charge in [0, 0.05) is 22.3 Å². The molecule has 0 fully saturated rings. The average molecular weight is 323 g/mol. The van der Waals surface area contributed by atoms with Crippen molar-refractivity contribution in [3.8, 4) is 0 Å². The number of hydrogen-bond donors (Lipinski definition) is 2. The molecule has 2 aromatic carbocycles. The van der Waals surface area contributed by atoms with Gasteiger partial charge in [-0.15, -0.1) is 0 Å². The maximum atomic E-state index is 11.8. The summed E-state index contributed by atoms with van der Waals surface area (Å²) in [4.78, 5) is 11.8. The van der Waals surface area contributed by atoms with Gasteiger partial charge in [0.1, 0.15) is 0 Å². The minimum atomic E-state index is -0.232. The Balaban J connectivity index is 1.80. The van der Waals surface area contributed by atoms with Gasteiger partial charge in [0.15, 0.2) is 0 Å². The molecule has 0 unspecified atom stereocenters. The van der Waals surface area contributed by atoms with Gasteiger partial charge in [0.05, 0.1) is 0 Å². The highest BCUT2D eigenvalue weighted by molar-refractivity contribution is 6.35. The van der Waals surface area contributed by atoms with Crippen LogP contribution in [0.25, 0.3) is 0 Å². The summed E-state index contributed by atoms with van der Waals surface area (Å²) >= 11 is 11.9. The molecule has 0 saturated heterocycles. The van der Waals surface area contributed by atoms with Crippen LogP contribution in [0.4, 0.5) is 10.5 Å². The molecule has 3 nitrogen and oxygen atoms in total. The first-order valence-electron chi connectivity index (χ1n) is 6.60. The molecule has 0 aliphatic heterocycles. The Labute approximate surface area is 134 Å². The number of anilines is 1. The standard InChI is InChI=1S/C16H16Cl2N2O/c1-11-2-6-14(7-3-11)20-16(21)19-9-8-12-4-5-13(17)10-15(12)18/h2-7,10H,8-9H2,1H3,(H2,19,20,21). The second-order valence-corrected chi connectivity index (χ2v) is 5.58. The molecule has 21 heavy (non-hydrogen) atoms. The summed E-state index contributed by atoms with van der Waals surface area (Å²) < 4.78 is 0. The van der Waals surface area contributed by atoms with Crippen LogP contribution in [-0.4, -0.2) is 12.6 Å². The summed E-state index contributed by atoms with van der Waals surface area (Å²) in [6, 6.07) is 12.7. The average Bonchev–Trinajstić information content (AvgIpc) is 2.44. The number of amides is 2. The number of halogens is 2. The van der Waals surface area contributed by atoms with Gasteiger partial charge < -0.3 is 10.6 Å². The zero-order valence-electron chi connectivity index (χ0n) is 11.6. The van der Waals surface area contributed by atoms with E-state index in [4.69, 9.17) is 23.2 Å². The maximum absolute atomic E-state index is 11.8. The molecule has 0 radical (unpaired) electrons. The smallest absolute Gasteiger partial charge is 0.319 e. The van der Waals surface area contributed by atoms with Crippen LogP contribution in [0.3, 0.4) is 0 Å². The van der Waals surface area contributed by atoms with Gasteiger partial charge in [0.2, 0.25) is 0 Å². The highest BCUT2D eigenvalue weighted by Gasteiger charge is 2.04. The van der Waals surface area contributed by atoms with Crippen LogP contribution < -0.4 is 10.6 Å². The summed E-state index contributed by atoms with van der Waals surface area (Å²) in [6.07, 6.45) is 0.650. The molecule has 2 N–H and O–H groups in total. The number of carbonyl (C=O) groups is 1. The molecular formula is C16H16Cl2N2O. The Hall–Kier alpha value is -1.71. The Morgan fingerprint density at radius 2 is 1.81 bits per heavy atom. The van der Waals surface area contributed by atoms with Crippen LogP contribution in [0, 0.1) is 6.92 Å². The number of carbonyl (C=O) groups excluding carboxylic acids is 1. The minimum Gasteiger partial charge on any atom is -0.338 e. The Morgan fingerprint density at radius 3 is 2.48 bits per heavy atom. The molecule has 0 atom stereocenters. The quantitative estimate of drug-likeness (QED) is 0.844. The molecule has 5 heteroatoms. The Morgan fingerprint density at radius 1 is 1.10 bits per heavy atom. The third-order valence-electron chi connectivity index (χ3n) is 3.00. The van der Waals surface area contributed by atoms with E-state index in [1.807, 2.05) is 37.3 Å². The van der Waals surface area contributed by atoms with E-state index in [2.05, 4.69) is 10.6 Å². The monoisotopic (exact) mass is 322 g/mol. The summed E-state index contributed by atoms with van der Waals surface area (Å²) in [5.41, 5.74) is 2.87. The molecule has 0 spiro atoms. The van der Waals surface area contributed by atoms with E-state index in [1.165, 1.54) is 0 Å². The number of hydrogen-bond acceptors (Lipinski definition) is 1. The topological polar surface area (TPSA) is 41.1 Å². The largest absolute Gasteiger partial charge is 0.338 e. The number of rotatable bonds is 4. The molecule has 0 bridgehead atoms. The van der Waals surface area contributed by atoms with Crippen molar-refractivity contribution in [1.29, 1.82) is 0 Å². The second-order valence-electron chi connectivity index (χ2n) is 4.73. The van der Waals surface area contributed by atoms with E-state index >= 15 is 0 Å². The number of nitrogens with one attached hydrogen (secondary N) is 2. The van der Waals surface area contributed by atoms with Crippen LogP contribution in [0.2, 0.25) is 10.0 Å². The third kappa shape index (κ3) is 4.96. The van der Waals surface area contributed by atoms with Gasteiger partial charge in [-0.25, -0.2) is 4.79 Å². The summed E-state index contributed by atoms with van der Waals surface area (Å²) in [5, 5.41) is 6.79. The predicted octanol–water partition coefficient (Wildman–Crippen LogP) is 4.67. The SMILES string of the molecule is Cc1ccc(NC(=O)NCCc2ccc(Cl)cc2Cl)cc1. The minimum absolute atomic E-state index is 0.232. The molecule has 2 amide bonds. The molecule has 0 heterocycles. The fourth-order valence-corrected chi connectivity index (χ4v) is 2.35. The lowest BCUT2D eigenvalue weighted by atomic mass is 10.1. The van der Waals surface area contributed by atoms with E-state index in [0.717, 1.165) is 16.8 Å². The van der Waals surface area contributed by atoms with Gasteiger partial charge >= 0.3 is 6.03 Å². The highest BCUT2D eigenvalue weighted by atomic mass is 35.5. The lowest BCUT2D eigenvalue weighted by molar-refractivity contribution is 0.252. The van der Waals surface area contributed by atoms with Gasteiger partial charge in [0.25, 0.3) is 0 Å². The van der Waals surface area contributed by atoms with Crippen molar-refractivity contribution in [1.82, 2.24) is 5.32 Å². The molecule has 0 aromatic heterocycles. The number of urea groups is 1. The molecular weight excluding hydrogens is 307 g/mol. The Kier molecular flexibility index (Phi) is 5.48. The lowest BCUT2D eigenvalue weighted by Crippen LogP contribution is -2.30. The van der Waals surface area contributed by atoms with Gasteiger partial charge in [-0.05, 0) is 43.2 Å². The van der Waals surface area contributed by atoms with Gasteiger partial charge in [-0.3, -0.25) is 0 Å². The van der Waals surface area contributed by atoms with Crippen molar-refractivity contribution < 1.29 is 4.79 Å². The van der Waals surface area contributed by atoms with Crippen LogP contribution in [0.1, 0.15) is 11.1 Å².